The predicted molar refractivity (Wildman–Crippen MR) is 137 cm³/mol. The predicted octanol–water partition coefficient (Wildman–Crippen LogP) is 3.59. The molecule has 2 aromatic carbocycles. The molecule has 38 heavy (non-hydrogen) atoms. The van der Waals surface area contributed by atoms with Gasteiger partial charge in [-0.05, 0) is 64.0 Å². The first-order chi connectivity index (χ1) is 18.0. The van der Waals surface area contributed by atoms with Gasteiger partial charge in [0.1, 0.15) is 15.8 Å². The van der Waals surface area contributed by atoms with Gasteiger partial charge in [-0.1, -0.05) is 18.2 Å². The van der Waals surface area contributed by atoms with E-state index in [1.54, 1.807) is 0 Å². The number of rotatable bonds is 8. The van der Waals surface area contributed by atoms with Gasteiger partial charge in [-0.3, -0.25) is 14.4 Å². The summed E-state index contributed by atoms with van der Waals surface area (Å²) >= 11 is 4.12. The van der Waals surface area contributed by atoms with Crippen LogP contribution in [0.3, 0.4) is 0 Å². The molecule has 2 heterocycles. The average Bonchev–Trinajstić information content (AvgIpc) is 3.51. The maximum absolute atomic E-state index is 13.8. The minimum Gasteiger partial charge on any atom is -0.481 e. The van der Waals surface area contributed by atoms with Crippen molar-refractivity contribution >= 4 is 55.1 Å². The molecule has 200 valence electrons. The van der Waals surface area contributed by atoms with Crippen LogP contribution in [0.2, 0.25) is 0 Å². The van der Waals surface area contributed by atoms with Crippen molar-refractivity contribution in [3.63, 3.8) is 0 Å². The van der Waals surface area contributed by atoms with Crippen molar-refractivity contribution in [1.29, 1.82) is 0 Å². The Morgan fingerprint density at radius 1 is 1.05 bits per heavy atom. The van der Waals surface area contributed by atoms with E-state index < -0.39 is 58.1 Å². The second-order valence-corrected chi connectivity index (χ2v) is 12.8. The van der Waals surface area contributed by atoms with Crippen molar-refractivity contribution in [2.75, 3.05) is 13.1 Å². The summed E-state index contributed by atoms with van der Waals surface area (Å²) in [6.45, 7) is -0.420. The molecule has 2 amide bonds. The first kappa shape index (κ1) is 27.8. The Kier molecular flexibility index (Phi) is 8.25. The molecule has 0 aliphatic carbocycles. The van der Waals surface area contributed by atoms with Gasteiger partial charge in [0.25, 0.3) is 21.8 Å². The van der Waals surface area contributed by atoms with Gasteiger partial charge in [0, 0.05) is 18.7 Å². The van der Waals surface area contributed by atoms with E-state index in [2.05, 4.69) is 21.2 Å². The molecule has 1 aliphatic heterocycles. The smallest absolute Gasteiger partial charge is 0.305 e. The van der Waals surface area contributed by atoms with Crippen molar-refractivity contribution < 1.29 is 36.7 Å². The van der Waals surface area contributed by atoms with E-state index in [4.69, 9.17) is 0 Å². The molecule has 2 atom stereocenters. The van der Waals surface area contributed by atoms with Gasteiger partial charge in [0.2, 0.25) is 0 Å². The van der Waals surface area contributed by atoms with Gasteiger partial charge in [0.05, 0.1) is 16.2 Å². The normalized spacial score (nSPS) is 16.8. The molecule has 2 unspecified atom stereocenters. The molecule has 1 saturated heterocycles. The highest BCUT2D eigenvalue weighted by Gasteiger charge is 2.47. The third-order valence-electron chi connectivity index (χ3n) is 5.78. The Labute approximate surface area is 228 Å². The molecular weight excluding hydrogens is 608 g/mol. The Balaban J connectivity index is 1.72. The molecule has 4 rings (SSSR count). The number of sulfonamides is 1. The van der Waals surface area contributed by atoms with Gasteiger partial charge >= 0.3 is 5.97 Å². The molecule has 1 fully saturated rings. The zero-order chi connectivity index (χ0) is 27.6. The first-order valence-electron chi connectivity index (χ1n) is 11.1. The molecule has 0 radical (unpaired) electrons. The second-order valence-electron chi connectivity index (χ2n) is 8.27. The first-order valence-corrected chi connectivity index (χ1v) is 14.1. The summed E-state index contributed by atoms with van der Waals surface area (Å²) in [6, 6.07) is 11.2. The van der Waals surface area contributed by atoms with Crippen molar-refractivity contribution in [1.82, 2.24) is 14.5 Å². The van der Waals surface area contributed by atoms with Crippen LogP contribution in [0.25, 0.3) is 0 Å². The van der Waals surface area contributed by atoms with Crippen LogP contribution in [0.1, 0.15) is 28.4 Å². The van der Waals surface area contributed by atoms with Crippen LogP contribution in [0, 0.1) is 11.6 Å². The molecule has 9 nitrogen and oxygen atoms in total. The number of thiophene rings is 1. The summed E-state index contributed by atoms with van der Waals surface area (Å²) in [6.07, 6.45) is -2.29. The molecule has 1 aliphatic rings. The number of hydrogen-bond donors (Lipinski definition) is 2. The number of aliphatic carboxylic acids is 1. The van der Waals surface area contributed by atoms with Gasteiger partial charge in [-0.25, -0.2) is 17.2 Å². The summed E-state index contributed by atoms with van der Waals surface area (Å²) in [5, 5.41) is 11.9. The lowest BCUT2D eigenvalue weighted by atomic mass is 10.0. The number of carbonyl (C=O) groups is 3. The lowest BCUT2D eigenvalue weighted by molar-refractivity contribution is -0.138. The zero-order valence-corrected chi connectivity index (χ0v) is 22.6. The van der Waals surface area contributed by atoms with Gasteiger partial charge in [-0.2, -0.15) is 4.31 Å². The maximum Gasteiger partial charge on any atom is 0.305 e. The monoisotopic (exact) mass is 627 g/mol. The second kappa shape index (κ2) is 11.3. The van der Waals surface area contributed by atoms with Gasteiger partial charge in [0.15, 0.2) is 6.17 Å². The number of carbonyl (C=O) groups excluding carboxylic acids is 2. The number of halogens is 3. The molecule has 0 saturated carbocycles. The number of carboxylic acids is 1. The number of benzene rings is 2. The van der Waals surface area contributed by atoms with Crippen molar-refractivity contribution in [3.05, 3.63) is 87.2 Å². The summed E-state index contributed by atoms with van der Waals surface area (Å²) < 4.78 is 55.6. The zero-order valence-electron chi connectivity index (χ0n) is 19.4. The average molecular weight is 628 g/mol. The fourth-order valence-corrected chi connectivity index (χ4v) is 7.73. The highest BCUT2D eigenvalue weighted by Crippen LogP contribution is 2.32. The molecule has 0 spiro atoms. The van der Waals surface area contributed by atoms with E-state index in [0.717, 1.165) is 44.8 Å². The summed E-state index contributed by atoms with van der Waals surface area (Å²) in [4.78, 5) is 39.5. The summed E-state index contributed by atoms with van der Waals surface area (Å²) in [7, 11) is -4.27. The lowest BCUT2D eigenvalue weighted by Crippen LogP contribution is -2.54. The number of nitrogens with one attached hydrogen (secondary N) is 1. The number of hydrogen-bond acceptors (Lipinski definition) is 6. The highest BCUT2D eigenvalue weighted by molar-refractivity contribution is 9.11. The largest absolute Gasteiger partial charge is 0.481 e. The Hall–Kier alpha value is -3.20. The third kappa shape index (κ3) is 5.93. The van der Waals surface area contributed by atoms with Gasteiger partial charge in [-0.15, -0.1) is 11.3 Å². The molecule has 1 aromatic heterocycles. The SMILES string of the molecule is O=C(O)CC(NC(=O)C1N(C(=O)c2cccc(F)c2)CCN1S(=O)(=O)c1ccc(Br)s1)c1ccc(F)cc1. The van der Waals surface area contributed by atoms with E-state index in [0.29, 0.717) is 3.79 Å². The lowest BCUT2D eigenvalue weighted by Gasteiger charge is -2.30. The van der Waals surface area contributed by atoms with Crippen molar-refractivity contribution in [2.24, 2.45) is 0 Å². The van der Waals surface area contributed by atoms with E-state index >= 15 is 0 Å². The fraction of sp³-hybridized carbons (Fsp3) is 0.208. The highest BCUT2D eigenvalue weighted by atomic mass is 79.9. The Bertz CT molecular complexity index is 1480. The quantitative estimate of drug-likeness (QED) is 0.393. The maximum atomic E-state index is 13.8. The topological polar surface area (TPSA) is 124 Å². The van der Waals surface area contributed by atoms with Crippen LogP contribution >= 0.6 is 27.3 Å². The van der Waals surface area contributed by atoms with Crippen LogP contribution in [0.15, 0.2) is 68.7 Å². The van der Waals surface area contributed by atoms with Crippen LogP contribution < -0.4 is 5.32 Å². The Morgan fingerprint density at radius 2 is 1.76 bits per heavy atom. The fourth-order valence-electron chi connectivity index (χ4n) is 4.05. The van der Waals surface area contributed by atoms with E-state index in [1.165, 1.54) is 36.4 Å². The van der Waals surface area contributed by atoms with Gasteiger partial charge < -0.3 is 15.3 Å². The Morgan fingerprint density at radius 3 is 2.37 bits per heavy atom. The summed E-state index contributed by atoms with van der Waals surface area (Å²) in [5.74, 6) is -4.29. The molecule has 0 bridgehead atoms. The molecule has 14 heteroatoms. The van der Waals surface area contributed by atoms with Crippen LogP contribution in [-0.4, -0.2) is 59.8 Å². The third-order valence-corrected chi connectivity index (χ3v) is 9.72. The number of carboxylic acid groups (broad SMARTS) is 1. The minimum absolute atomic E-state index is 0.0807. The van der Waals surface area contributed by atoms with E-state index in [-0.39, 0.29) is 28.4 Å². The van der Waals surface area contributed by atoms with Crippen molar-refractivity contribution in [3.8, 4) is 0 Å². The molecular formula is C24H20BrF2N3O6S2. The minimum atomic E-state index is -4.27. The van der Waals surface area contributed by atoms with E-state index in [1.807, 2.05) is 0 Å². The molecule has 2 N–H and O–H groups in total. The van der Waals surface area contributed by atoms with Crippen LogP contribution in [0.4, 0.5) is 8.78 Å². The molecule has 3 aromatic rings. The van der Waals surface area contributed by atoms with Crippen LogP contribution in [-0.2, 0) is 19.6 Å². The van der Waals surface area contributed by atoms with Crippen molar-refractivity contribution in [2.45, 2.75) is 22.8 Å². The number of nitrogens with zero attached hydrogens (tertiary/aromatic N) is 2. The van der Waals surface area contributed by atoms with Crippen LogP contribution in [0.5, 0.6) is 0 Å². The number of amides is 2. The standard InChI is InChI=1S/C24H20BrF2N3O6S2/c25-19-8-9-21(37-19)38(35,36)30-11-10-29(24(34)15-2-1-3-17(27)12-15)23(30)22(33)28-18(13-20(31)32)14-4-6-16(26)7-5-14/h1-9,12,18,23H,10-11,13H2,(H,28,33)(H,31,32). The van der Waals surface area contributed by atoms with E-state index in [9.17, 15) is 36.7 Å². The summed E-state index contributed by atoms with van der Waals surface area (Å²) in [5.41, 5.74) is 0.168.